The van der Waals surface area contributed by atoms with E-state index in [0.717, 1.165) is 31.6 Å². The van der Waals surface area contributed by atoms with Crippen LogP contribution in [-0.4, -0.2) is 23.4 Å². The van der Waals surface area contributed by atoms with Crippen molar-refractivity contribution in [3.05, 3.63) is 29.8 Å². The van der Waals surface area contributed by atoms with Gasteiger partial charge in [-0.05, 0) is 51.6 Å². The summed E-state index contributed by atoms with van der Waals surface area (Å²) >= 11 is 0. The third-order valence-corrected chi connectivity index (χ3v) is 4.66. The van der Waals surface area contributed by atoms with Crippen LogP contribution in [0.1, 0.15) is 51.1 Å². The van der Waals surface area contributed by atoms with E-state index in [9.17, 15) is 5.11 Å². The number of nitrogens with one attached hydrogen (secondary N) is 1. The SMILES string of the molecule is CC1(C)Oc2ccccc2C1NCC1CCCC(O)C1. The number of rotatable bonds is 3. The number of ether oxygens (including phenoxy) is 1. The molecule has 0 saturated heterocycles. The molecule has 1 aromatic rings. The first-order valence-corrected chi connectivity index (χ1v) is 7.75. The Hall–Kier alpha value is -1.06. The van der Waals surface area contributed by atoms with Crippen LogP contribution in [0, 0.1) is 5.92 Å². The first-order valence-electron chi connectivity index (χ1n) is 7.75. The fraction of sp³-hybridized carbons (Fsp3) is 0.647. The van der Waals surface area contributed by atoms with Crippen LogP contribution in [-0.2, 0) is 0 Å². The topological polar surface area (TPSA) is 41.5 Å². The summed E-state index contributed by atoms with van der Waals surface area (Å²) in [7, 11) is 0. The molecule has 3 unspecified atom stereocenters. The van der Waals surface area contributed by atoms with Gasteiger partial charge in [-0.15, -0.1) is 0 Å². The largest absolute Gasteiger partial charge is 0.486 e. The molecule has 0 aromatic heterocycles. The molecule has 0 radical (unpaired) electrons. The van der Waals surface area contributed by atoms with Crippen molar-refractivity contribution in [2.24, 2.45) is 5.92 Å². The summed E-state index contributed by atoms with van der Waals surface area (Å²) in [6, 6.07) is 8.52. The zero-order chi connectivity index (χ0) is 14.2. The summed E-state index contributed by atoms with van der Waals surface area (Å²) in [5.41, 5.74) is 1.05. The number of fused-ring (bicyclic) bond motifs is 1. The molecule has 1 aromatic carbocycles. The smallest absolute Gasteiger partial charge is 0.125 e. The Morgan fingerprint density at radius 3 is 2.90 bits per heavy atom. The third kappa shape index (κ3) is 2.70. The first-order chi connectivity index (χ1) is 9.56. The molecule has 1 fully saturated rings. The number of hydrogen-bond acceptors (Lipinski definition) is 3. The standard InChI is InChI=1S/C17H25NO2/c1-17(2)16(14-8-3-4-9-15(14)20-17)18-11-12-6-5-7-13(19)10-12/h3-4,8-9,12-13,16,18-19H,5-7,10-11H2,1-2H3. The van der Waals surface area contributed by atoms with Crippen LogP contribution in [0.15, 0.2) is 24.3 Å². The summed E-state index contributed by atoms with van der Waals surface area (Å²) in [4.78, 5) is 0. The van der Waals surface area contributed by atoms with Crippen molar-refractivity contribution >= 4 is 0 Å². The lowest BCUT2D eigenvalue weighted by molar-refractivity contribution is 0.0801. The highest BCUT2D eigenvalue weighted by Crippen LogP contribution is 2.42. The number of aliphatic hydroxyl groups excluding tert-OH is 1. The second kappa shape index (κ2) is 5.38. The lowest BCUT2D eigenvalue weighted by Gasteiger charge is -2.31. The lowest BCUT2D eigenvalue weighted by Crippen LogP contribution is -2.41. The molecular formula is C17H25NO2. The molecular weight excluding hydrogens is 250 g/mol. The molecule has 0 amide bonds. The van der Waals surface area contributed by atoms with Crippen LogP contribution in [0.2, 0.25) is 0 Å². The predicted octanol–water partition coefficient (Wildman–Crippen LogP) is 3.04. The zero-order valence-corrected chi connectivity index (χ0v) is 12.4. The number of aliphatic hydroxyl groups is 1. The van der Waals surface area contributed by atoms with Crippen molar-refractivity contribution in [3.63, 3.8) is 0 Å². The van der Waals surface area contributed by atoms with Gasteiger partial charge >= 0.3 is 0 Å². The number of hydrogen-bond donors (Lipinski definition) is 2. The minimum absolute atomic E-state index is 0.101. The molecule has 3 nitrogen and oxygen atoms in total. The van der Waals surface area contributed by atoms with Gasteiger partial charge in [-0.1, -0.05) is 24.6 Å². The quantitative estimate of drug-likeness (QED) is 0.891. The van der Waals surface area contributed by atoms with Crippen LogP contribution in [0.3, 0.4) is 0 Å². The van der Waals surface area contributed by atoms with Gasteiger partial charge in [0.05, 0.1) is 12.1 Å². The van der Waals surface area contributed by atoms with E-state index < -0.39 is 0 Å². The van der Waals surface area contributed by atoms with Gasteiger partial charge in [0.1, 0.15) is 11.4 Å². The van der Waals surface area contributed by atoms with E-state index in [2.05, 4.69) is 31.3 Å². The first kappa shape index (κ1) is 13.9. The normalized spacial score (nSPS) is 31.6. The van der Waals surface area contributed by atoms with Gasteiger partial charge in [-0.25, -0.2) is 0 Å². The van der Waals surface area contributed by atoms with Crippen molar-refractivity contribution in [1.82, 2.24) is 5.32 Å². The van der Waals surface area contributed by atoms with E-state index in [0.29, 0.717) is 5.92 Å². The number of benzene rings is 1. The summed E-state index contributed by atoms with van der Waals surface area (Å²) in [5, 5.41) is 13.5. The van der Waals surface area contributed by atoms with Gasteiger partial charge in [-0.2, -0.15) is 0 Å². The predicted molar refractivity (Wildman–Crippen MR) is 79.9 cm³/mol. The minimum Gasteiger partial charge on any atom is -0.486 e. The van der Waals surface area contributed by atoms with E-state index in [-0.39, 0.29) is 17.7 Å². The average molecular weight is 275 g/mol. The molecule has 110 valence electrons. The summed E-state index contributed by atoms with van der Waals surface area (Å²) in [5.74, 6) is 1.58. The summed E-state index contributed by atoms with van der Waals surface area (Å²) < 4.78 is 6.06. The van der Waals surface area contributed by atoms with E-state index in [1.54, 1.807) is 0 Å². The van der Waals surface area contributed by atoms with Crippen LogP contribution >= 0.6 is 0 Å². The van der Waals surface area contributed by atoms with Gasteiger partial charge < -0.3 is 15.2 Å². The fourth-order valence-electron chi connectivity index (χ4n) is 3.62. The zero-order valence-electron chi connectivity index (χ0n) is 12.4. The van der Waals surface area contributed by atoms with Crippen molar-refractivity contribution in [3.8, 4) is 5.75 Å². The summed E-state index contributed by atoms with van der Waals surface area (Å²) in [6.07, 6.45) is 4.17. The molecule has 1 aliphatic carbocycles. The van der Waals surface area contributed by atoms with Crippen LogP contribution in [0.25, 0.3) is 0 Å². The van der Waals surface area contributed by atoms with Gasteiger partial charge in [0, 0.05) is 5.56 Å². The maximum atomic E-state index is 9.78. The van der Waals surface area contributed by atoms with Gasteiger partial charge in [0.15, 0.2) is 0 Å². The van der Waals surface area contributed by atoms with Crippen LogP contribution < -0.4 is 10.1 Å². The van der Waals surface area contributed by atoms with Crippen LogP contribution in [0.5, 0.6) is 5.75 Å². The highest BCUT2D eigenvalue weighted by Gasteiger charge is 2.40. The van der Waals surface area contributed by atoms with Crippen molar-refractivity contribution in [1.29, 1.82) is 0 Å². The Kier molecular flexibility index (Phi) is 3.74. The summed E-state index contributed by atoms with van der Waals surface area (Å²) in [6.45, 7) is 5.24. The van der Waals surface area contributed by atoms with E-state index in [4.69, 9.17) is 4.74 Å². The van der Waals surface area contributed by atoms with Crippen LogP contribution in [0.4, 0.5) is 0 Å². The monoisotopic (exact) mass is 275 g/mol. The van der Waals surface area contributed by atoms with E-state index >= 15 is 0 Å². The Bertz CT molecular complexity index is 472. The molecule has 3 rings (SSSR count). The average Bonchev–Trinajstić information content (AvgIpc) is 2.66. The Morgan fingerprint density at radius 2 is 2.10 bits per heavy atom. The minimum atomic E-state index is -0.211. The Labute approximate surface area is 121 Å². The van der Waals surface area contributed by atoms with Crippen molar-refractivity contribution in [2.45, 2.75) is 57.3 Å². The molecule has 0 bridgehead atoms. The molecule has 2 N–H and O–H groups in total. The lowest BCUT2D eigenvalue weighted by atomic mass is 9.86. The van der Waals surface area contributed by atoms with E-state index in [1.807, 2.05) is 12.1 Å². The molecule has 1 aliphatic heterocycles. The second-order valence-electron chi connectivity index (χ2n) is 6.77. The maximum absolute atomic E-state index is 9.78. The highest BCUT2D eigenvalue weighted by atomic mass is 16.5. The molecule has 3 atom stereocenters. The molecule has 0 spiro atoms. The number of para-hydroxylation sites is 1. The Balaban J connectivity index is 1.67. The second-order valence-corrected chi connectivity index (χ2v) is 6.77. The molecule has 20 heavy (non-hydrogen) atoms. The van der Waals surface area contributed by atoms with Gasteiger partial charge in [0.2, 0.25) is 0 Å². The highest BCUT2D eigenvalue weighted by molar-refractivity contribution is 5.42. The Morgan fingerprint density at radius 1 is 1.30 bits per heavy atom. The van der Waals surface area contributed by atoms with Gasteiger partial charge in [0.25, 0.3) is 0 Å². The maximum Gasteiger partial charge on any atom is 0.125 e. The molecule has 1 saturated carbocycles. The third-order valence-electron chi connectivity index (χ3n) is 4.66. The van der Waals surface area contributed by atoms with Crippen molar-refractivity contribution < 1.29 is 9.84 Å². The van der Waals surface area contributed by atoms with Gasteiger partial charge in [-0.3, -0.25) is 0 Å². The molecule has 2 aliphatic rings. The fourth-order valence-corrected chi connectivity index (χ4v) is 3.62. The molecule has 3 heteroatoms. The molecule has 1 heterocycles. The van der Waals surface area contributed by atoms with Crippen molar-refractivity contribution in [2.75, 3.05) is 6.54 Å². The van der Waals surface area contributed by atoms with E-state index in [1.165, 1.54) is 12.0 Å².